The Labute approximate surface area is 103 Å². The number of methoxy groups -OCH3 is 1. The molecule has 0 saturated heterocycles. The molecule has 17 heavy (non-hydrogen) atoms. The maximum atomic E-state index is 5.24. The minimum Gasteiger partial charge on any atom is -0.497 e. The van der Waals surface area contributed by atoms with Crippen LogP contribution in [0.1, 0.15) is 32.6 Å². The van der Waals surface area contributed by atoms with Crippen molar-refractivity contribution in [3.8, 4) is 5.75 Å². The van der Waals surface area contributed by atoms with E-state index in [1.807, 2.05) is 6.07 Å². The first-order chi connectivity index (χ1) is 8.35. The number of benzene rings is 1. The number of hydrogen-bond acceptors (Lipinski definition) is 1. The molecule has 92 valence electrons. The SMILES string of the molecule is CCCCCCn1ccc2cc(OC)ccc21. The average Bonchev–Trinajstić information content (AvgIpc) is 2.77. The minimum atomic E-state index is 0.932. The van der Waals surface area contributed by atoms with Crippen LogP contribution in [0.4, 0.5) is 0 Å². The summed E-state index contributed by atoms with van der Waals surface area (Å²) < 4.78 is 7.57. The summed E-state index contributed by atoms with van der Waals surface area (Å²) in [4.78, 5) is 0. The molecule has 0 fully saturated rings. The lowest BCUT2D eigenvalue weighted by Gasteiger charge is -2.06. The van der Waals surface area contributed by atoms with Crippen molar-refractivity contribution in [1.29, 1.82) is 0 Å². The van der Waals surface area contributed by atoms with Gasteiger partial charge in [0.2, 0.25) is 0 Å². The second-order valence-corrected chi connectivity index (χ2v) is 4.49. The zero-order chi connectivity index (χ0) is 12.1. The van der Waals surface area contributed by atoms with E-state index >= 15 is 0 Å². The number of aromatic nitrogens is 1. The van der Waals surface area contributed by atoms with Crippen LogP contribution in [0.25, 0.3) is 10.9 Å². The molecular weight excluding hydrogens is 210 g/mol. The Balaban J connectivity index is 2.08. The topological polar surface area (TPSA) is 14.2 Å². The van der Waals surface area contributed by atoms with Gasteiger partial charge >= 0.3 is 0 Å². The smallest absolute Gasteiger partial charge is 0.119 e. The number of fused-ring (bicyclic) bond motifs is 1. The Morgan fingerprint density at radius 2 is 2.00 bits per heavy atom. The van der Waals surface area contributed by atoms with E-state index in [0.717, 1.165) is 12.3 Å². The number of aryl methyl sites for hydroxylation is 1. The number of nitrogens with zero attached hydrogens (tertiary/aromatic N) is 1. The highest BCUT2D eigenvalue weighted by Crippen LogP contribution is 2.22. The van der Waals surface area contributed by atoms with Crippen LogP contribution in [0.3, 0.4) is 0 Å². The lowest BCUT2D eigenvalue weighted by atomic mass is 10.2. The van der Waals surface area contributed by atoms with E-state index < -0.39 is 0 Å². The van der Waals surface area contributed by atoms with Crippen molar-refractivity contribution >= 4 is 10.9 Å². The van der Waals surface area contributed by atoms with Crippen molar-refractivity contribution in [2.45, 2.75) is 39.2 Å². The zero-order valence-corrected chi connectivity index (χ0v) is 10.8. The maximum Gasteiger partial charge on any atom is 0.119 e. The second kappa shape index (κ2) is 5.76. The van der Waals surface area contributed by atoms with E-state index in [1.165, 1.54) is 36.6 Å². The zero-order valence-electron chi connectivity index (χ0n) is 10.8. The lowest BCUT2D eigenvalue weighted by Crippen LogP contribution is -1.95. The predicted molar refractivity (Wildman–Crippen MR) is 72.6 cm³/mol. The van der Waals surface area contributed by atoms with Gasteiger partial charge in [-0.15, -0.1) is 0 Å². The fraction of sp³-hybridized carbons (Fsp3) is 0.467. The lowest BCUT2D eigenvalue weighted by molar-refractivity contribution is 0.415. The van der Waals surface area contributed by atoms with Gasteiger partial charge in [0.1, 0.15) is 5.75 Å². The first-order valence-electron chi connectivity index (χ1n) is 6.48. The summed E-state index contributed by atoms with van der Waals surface area (Å²) in [5, 5.41) is 1.26. The first-order valence-corrected chi connectivity index (χ1v) is 6.48. The molecule has 2 aromatic rings. The highest BCUT2D eigenvalue weighted by atomic mass is 16.5. The average molecular weight is 231 g/mol. The summed E-state index contributed by atoms with van der Waals surface area (Å²) >= 11 is 0. The molecule has 0 N–H and O–H groups in total. The Bertz CT molecular complexity index is 473. The first kappa shape index (κ1) is 12.0. The van der Waals surface area contributed by atoms with E-state index in [-0.39, 0.29) is 0 Å². The number of hydrogen-bond donors (Lipinski definition) is 0. The van der Waals surface area contributed by atoms with Gasteiger partial charge < -0.3 is 9.30 Å². The van der Waals surface area contributed by atoms with Crippen molar-refractivity contribution in [3.63, 3.8) is 0 Å². The largest absolute Gasteiger partial charge is 0.497 e. The maximum absolute atomic E-state index is 5.24. The molecule has 1 heterocycles. The molecule has 1 aromatic heterocycles. The Kier molecular flexibility index (Phi) is 4.08. The van der Waals surface area contributed by atoms with Gasteiger partial charge in [-0.3, -0.25) is 0 Å². The van der Waals surface area contributed by atoms with Crippen LogP contribution < -0.4 is 4.74 Å². The molecule has 0 aliphatic heterocycles. The number of ether oxygens (including phenoxy) is 1. The van der Waals surface area contributed by atoms with Gasteiger partial charge in [-0.2, -0.15) is 0 Å². The monoisotopic (exact) mass is 231 g/mol. The molecular formula is C15H21NO. The van der Waals surface area contributed by atoms with E-state index in [9.17, 15) is 0 Å². The normalized spacial score (nSPS) is 10.9. The summed E-state index contributed by atoms with van der Waals surface area (Å²) in [6, 6.07) is 8.44. The third-order valence-electron chi connectivity index (χ3n) is 3.23. The van der Waals surface area contributed by atoms with Crippen molar-refractivity contribution in [3.05, 3.63) is 30.5 Å². The highest BCUT2D eigenvalue weighted by molar-refractivity contribution is 5.81. The van der Waals surface area contributed by atoms with Crippen LogP contribution in [0, 0.1) is 0 Å². The van der Waals surface area contributed by atoms with Gasteiger partial charge in [-0.25, -0.2) is 0 Å². The predicted octanol–water partition coefficient (Wildman–Crippen LogP) is 4.23. The third kappa shape index (κ3) is 2.82. The molecule has 0 aliphatic carbocycles. The van der Waals surface area contributed by atoms with Crippen molar-refractivity contribution in [2.24, 2.45) is 0 Å². The van der Waals surface area contributed by atoms with E-state index in [1.54, 1.807) is 7.11 Å². The Hall–Kier alpha value is -1.44. The van der Waals surface area contributed by atoms with E-state index in [0.29, 0.717) is 0 Å². The molecule has 0 aliphatic rings. The summed E-state index contributed by atoms with van der Waals surface area (Å²) in [6.45, 7) is 3.37. The molecule has 0 radical (unpaired) electrons. The quantitative estimate of drug-likeness (QED) is 0.679. The molecule has 0 atom stereocenters. The molecule has 0 bridgehead atoms. The molecule has 2 nitrogen and oxygen atoms in total. The molecule has 2 heteroatoms. The standard InChI is InChI=1S/C15H21NO/c1-3-4-5-6-10-16-11-9-13-12-14(17-2)7-8-15(13)16/h7-9,11-12H,3-6,10H2,1-2H3. The minimum absolute atomic E-state index is 0.932. The van der Waals surface area contributed by atoms with Crippen LogP contribution in [-0.4, -0.2) is 11.7 Å². The molecule has 0 spiro atoms. The van der Waals surface area contributed by atoms with Gasteiger partial charge in [0.25, 0.3) is 0 Å². The fourth-order valence-corrected chi connectivity index (χ4v) is 2.21. The highest BCUT2D eigenvalue weighted by Gasteiger charge is 2.01. The van der Waals surface area contributed by atoms with Gasteiger partial charge in [0.05, 0.1) is 7.11 Å². The van der Waals surface area contributed by atoms with Gasteiger partial charge in [0, 0.05) is 23.6 Å². The fourth-order valence-electron chi connectivity index (χ4n) is 2.21. The van der Waals surface area contributed by atoms with Crippen LogP contribution in [0.2, 0.25) is 0 Å². The number of rotatable bonds is 6. The third-order valence-corrected chi connectivity index (χ3v) is 3.23. The van der Waals surface area contributed by atoms with E-state index in [4.69, 9.17) is 4.74 Å². The molecule has 0 saturated carbocycles. The van der Waals surface area contributed by atoms with Crippen LogP contribution in [0.15, 0.2) is 30.5 Å². The van der Waals surface area contributed by atoms with Gasteiger partial charge in [-0.05, 0) is 30.7 Å². The summed E-state index contributed by atoms with van der Waals surface area (Å²) in [7, 11) is 1.71. The second-order valence-electron chi connectivity index (χ2n) is 4.49. The molecule has 1 aromatic carbocycles. The number of unbranched alkanes of at least 4 members (excludes halogenated alkanes) is 3. The van der Waals surface area contributed by atoms with Crippen LogP contribution in [-0.2, 0) is 6.54 Å². The van der Waals surface area contributed by atoms with Crippen LogP contribution >= 0.6 is 0 Å². The molecule has 0 amide bonds. The summed E-state index contributed by atoms with van der Waals surface area (Å²) in [5.41, 5.74) is 1.31. The van der Waals surface area contributed by atoms with Crippen molar-refractivity contribution in [2.75, 3.05) is 7.11 Å². The van der Waals surface area contributed by atoms with Crippen molar-refractivity contribution < 1.29 is 4.74 Å². The molecule has 0 unspecified atom stereocenters. The van der Waals surface area contributed by atoms with Gasteiger partial charge in [0.15, 0.2) is 0 Å². The van der Waals surface area contributed by atoms with E-state index in [2.05, 4.69) is 35.9 Å². The van der Waals surface area contributed by atoms with Crippen molar-refractivity contribution in [1.82, 2.24) is 4.57 Å². The van der Waals surface area contributed by atoms with Crippen LogP contribution in [0.5, 0.6) is 5.75 Å². The molecule has 2 rings (SSSR count). The summed E-state index contributed by atoms with van der Waals surface area (Å²) in [5.74, 6) is 0.932. The Morgan fingerprint density at radius 3 is 2.76 bits per heavy atom. The Morgan fingerprint density at radius 1 is 1.12 bits per heavy atom. The van der Waals surface area contributed by atoms with Gasteiger partial charge in [-0.1, -0.05) is 26.2 Å². The summed E-state index contributed by atoms with van der Waals surface area (Å²) in [6.07, 6.45) is 7.41.